The number of carboxylic acid groups (broad SMARTS) is 1. The number of halogens is 2. The Balaban J connectivity index is 2.00. The Hall–Kier alpha value is -1.86. The second-order valence-corrected chi connectivity index (χ2v) is 6.03. The van der Waals surface area contributed by atoms with E-state index in [9.17, 15) is 9.59 Å². The minimum Gasteiger partial charge on any atom is -0.483 e. The predicted octanol–water partition coefficient (Wildman–Crippen LogP) is 3.93. The number of anilines is 1. The lowest BCUT2D eigenvalue weighted by molar-refractivity contribution is -0.118. The molecule has 114 valence electrons. The van der Waals surface area contributed by atoms with Crippen molar-refractivity contribution in [3.63, 3.8) is 0 Å². The number of nitrogens with one attached hydrogen (secondary N) is 1. The SMILES string of the molecule is O=C(COc1ccc(Br)cc1Br)Nc1ccccc1C(=O)O. The fourth-order valence-electron chi connectivity index (χ4n) is 1.70. The van der Waals surface area contributed by atoms with Crippen LogP contribution >= 0.6 is 31.9 Å². The summed E-state index contributed by atoms with van der Waals surface area (Å²) in [5.74, 6) is -1.03. The van der Waals surface area contributed by atoms with Crippen LogP contribution in [0.5, 0.6) is 5.75 Å². The zero-order chi connectivity index (χ0) is 16.1. The van der Waals surface area contributed by atoms with Crippen LogP contribution in [0.1, 0.15) is 10.4 Å². The molecule has 0 radical (unpaired) electrons. The Bertz CT molecular complexity index is 718. The highest BCUT2D eigenvalue weighted by atomic mass is 79.9. The van der Waals surface area contributed by atoms with E-state index in [4.69, 9.17) is 9.84 Å². The fraction of sp³-hybridized carbons (Fsp3) is 0.0667. The molecule has 22 heavy (non-hydrogen) atoms. The third-order valence-corrected chi connectivity index (χ3v) is 3.80. The molecule has 2 rings (SSSR count). The lowest BCUT2D eigenvalue weighted by Gasteiger charge is -2.10. The molecule has 0 aromatic heterocycles. The first kappa shape index (κ1) is 16.5. The molecule has 5 nitrogen and oxygen atoms in total. The van der Waals surface area contributed by atoms with Crippen LogP contribution in [0.15, 0.2) is 51.4 Å². The zero-order valence-electron chi connectivity index (χ0n) is 11.2. The summed E-state index contributed by atoms with van der Waals surface area (Å²) < 4.78 is 6.99. The van der Waals surface area contributed by atoms with Gasteiger partial charge in [0.1, 0.15) is 5.75 Å². The number of aromatic carboxylic acids is 1. The Morgan fingerprint density at radius 1 is 1.14 bits per heavy atom. The van der Waals surface area contributed by atoms with Gasteiger partial charge in [-0.2, -0.15) is 0 Å². The van der Waals surface area contributed by atoms with Crippen LogP contribution in [0.2, 0.25) is 0 Å². The maximum absolute atomic E-state index is 11.9. The Morgan fingerprint density at radius 2 is 1.86 bits per heavy atom. The molecule has 0 spiro atoms. The molecule has 2 aromatic carbocycles. The van der Waals surface area contributed by atoms with Gasteiger partial charge >= 0.3 is 5.97 Å². The maximum Gasteiger partial charge on any atom is 0.337 e. The number of para-hydroxylation sites is 1. The molecule has 2 N–H and O–H groups in total. The van der Waals surface area contributed by atoms with Crippen LogP contribution in [-0.4, -0.2) is 23.6 Å². The van der Waals surface area contributed by atoms with Crippen LogP contribution in [0.4, 0.5) is 5.69 Å². The molecular weight excluding hydrogens is 418 g/mol. The van der Waals surface area contributed by atoms with Crippen molar-refractivity contribution in [1.29, 1.82) is 0 Å². The van der Waals surface area contributed by atoms with E-state index < -0.39 is 11.9 Å². The van der Waals surface area contributed by atoms with Crippen LogP contribution in [-0.2, 0) is 4.79 Å². The van der Waals surface area contributed by atoms with Crippen LogP contribution in [0.3, 0.4) is 0 Å². The summed E-state index contributed by atoms with van der Waals surface area (Å²) >= 11 is 6.65. The zero-order valence-corrected chi connectivity index (χ0v) is 14.3. The molecule has 0 atom stereocenters. The topological polar surface area (TPSA) is 75.6 Å². The molecule has 0 heterocycles. The van der Waals surface area contributed by atoms with Crippen LogP contribution in [0, 0.1) is 0 Å². The first-order chi connectivity index (χ1) is 10.5. The van der Waals surface area contributed by atoms with Crippen LogP contribution in [0.25, 0.3) is 0 Å². The highest BCUT2D eigenvalue weighted by molar-refractivity contribution is 9.11. The lowest BCUT2D eigenvalue weighted by atomic mass is 10.2. The smallest absolute Gasteiger partial charge is 0.337 e. The first-order valence-electron chi connectivity index (χ1n) is 6.17. The summed E-state index contributed by atoms with van der Waals surface area (Å²) in [4.78, 5) is 23.0. The van der Waals surface area contributed by atoms with Gasteiger partial charge < -0.3 is 15.2 Å². The third kappa shape index (κ3) is 4.32. The molecule has 1 amide bonds. The van der Waals surface area contributed by atoms with E-state index in [1.54, 1.807) is 30.3 Å². The Labute approximate surface area is 143 Å². The molecule has 0 aliphatic heterocycles. The molecule has 7 heteroatoms. The van der Waals surface area contributed by atoms with E-state index in [0.717, 1.165) is 4.47 Å². The van der Waals surface area contributed by atoms with Gasteiger partial charge in [0, 0.05) is 4.47 Å². The van der Waals surface area contributed by atoms with Gasteiger partial charge in [0.2, 0.25) is 0 Å². The van der Waals surface area contributed by atoms with Crippen LogP contribution < -0.4 is 10.1 Å². The standard InChI is InChI=1S/C15H11Br2NO4/c16-9-5-6-13(11(17)7-9)22-8-14(19)18-12-4-2-1-3-10(12)15(20)21/h1-7H,8H2,(H,18,19)(H,20,21). The van der Waals surface area contributed by atoms with E-state index in [-0.39, 0.29) is 17.9 Å². The van der Waals surface area contributed by atoms with Crippen molar-refractivity contribution in [2.24, 2.45) is 0 Å². The monoisotopic (exact) mass is 427 g/mol. The van der Waals surface area contributed by atoms with Crippen molar-refractivity contribution < 1.29 is 19.4 Å². The number of carbonyl (C=O) groups excluding carboxylic acids is 1. The lowest BCUT2D eigenvalue weighted by Crippen LogP contribution is -2.21. The second-order valence-electron chi connectivity index (χ2n) is 4.26. The molecule has 0 bridgehead atoms. The highest BCUT2D eigenvalue weighted by Gasteiger charge is 2.12. The van der Waals surface area contributed by atoms with E-state index in [0.29, 0.717) is 10.2 Å². The van der Waals surface area contributed by atoms with Gasteiger partial charge in [-0.05, 0) is 46.3 Å². The molecule has 0 unspecified atom stereocenters. The van der Waals surface area contributed by atoms with Gasteiger partial charge in [-0.3, -0.25) is 4.79 Å². The number of hydrogen-bond acceptors (Lipinski definition) is 3. The summed E-state index contributed by atoms with van der Waals surface area (Å²) in [6.07, 6.45) is 0. The molecule has 0 fully saturated rings. The summed E-state index contributed by atoms with van der Waals surface area (Å²) in [6.45, 7) is -0.228. The van der Waals surface area contributed by atoms with Gasteiger partial charge in [-0.25, -0.2) is 4.79 Å². The molecule has 0 aliphatic carbocycles. The number of carbonyl (C=O) groups is 2. The van der Waals surface area contributed by atoms with Gasteiger partial charge in [-0.1, -0.05) is 28.1 Å². The third-order valence-electron chi connectivity index (χ3n) is 2.68. The number of benzene rings is 2. The Morgan fingerprint density at radius 3 is 2.55 bits per heavy atom. The first-order valence-corrected chi connectivity index (χ1v) is 7.76. The van der Waals surface area contributed by atoms with Crippen molar-refractivity contribution in [3.05, 3.63) is 57.0 Å². The summed E-state index contributed by atoms with van der Waals surface area (Å²) in [6, 6.07) is 11.5. The van der Waals surface area contributed by atoms with Crippen molar-refractivity contribution in [2.75, 3.05) is 11.9 Å². The summed E-state index contributed by atoms with van der Waals surface area (Å²) in [5, 5.41) is 11.6. The minimum absolute atomic E-state index is 0.0284. The van der Waals surface area contributed by atoms with Gasteiger partial charge in [-0.15, -0.1) is 0 Å². The van der Waals surface area contributed by atoms with Crippen molar-refractivity contribution in [1.82, 2.24) is 0 Å². The fourth-order valence-corrected chi connectivity index (χ4v) is 2.86. The summed E-state index contributed by atoms with van der Waals surface area (Å²) in [7, 11) is 0. The van der Waals surface area contributed by atoms with E-state index in [1.807, 2.05) is 0 Å². The number of ether oxygens (including phenoxy) is 1. The quantitative estimate of drug-likeness (QED) is 0.756. The van der Waals surface area contributed by atoms with E-state index >= 15 is 0 Å². The van der Waals surface area contributed by atoms with Gasteiger partial charge in [0.15, 0.2) is 6.61 Å². The minimum atomic E-state index is -1.10. The van der Waals surface area contributed by atoms with Gasteiger partial charge in [0.25, 0.3) is 5.91 Å². The average Bonchev–Trinajstić information content (AvgIpc) is 2.46. The molecule has 2 aromatic rings. The number of rotatable bonds is 5. The molecule has 0 saturated carbocycles. The maximum atomic E-state index is 11.9. The van der Waals surface area contributed by atoms with Crippen molar-refractivity contribution in [2.45, 2.75) is 0 Å². The molecule has 0 aliphatic rings. The number of hydrogen-bond donors (Lipinski definition) is 2. The van der Waals surface area contributed by atoms with E-state index in [1.165, 1.54) is 12.1 Å². The van der Waals surface area contributed by atoms with Crippen molar-refractivity contribution in [3.8, 4) is 5.75 Å². The number of carboxylic acids is 1. The van der Waals surface area contributed by atoms with Gasteiger partial charge in [0.05, 0.1) is 15.7 Å². The number of amides is 1. The second kappa shape index (κ2) is 7.42. The highest BCUT2D eigenvalue weighted by Crippen LogP contribution is 2.28. The van der Waals surface area contributed by atoms with E-state index in [2.05, 4.69) is 37.2 Å². The summed E-state index contributed by atoms with van der Waals surface area (Å²) in [5.41, 5.74) is 0.263. The predicted molar refractivity (Wildman–Crippen MR) is 89.4 cm³/mol. The largest absolute Gasteiger partial charge is 0.483 e. The Kier molecular flexibility index (Phi) is 5.57. The molecular formula is C15H11Br2NO4. The average molecular weight is 429 g/mol. The molecule has 0 saturated heterocycles. The van der Waals surface area contributed by atoms with Crippen molar-refractivity contribution >= 4 is 49.4 Å². The normalized spacial score (nSPS) is 10.1.